The van der Waals surface area contributed by atoms with Crippen molar-refractivity contribution in [2.75, 3.05) is 32.9 Å². The van der Waals surface area contributed by atoms with Crippen molar-refractivity contribution in [3.63, 3.8) is 0 Å². The zero-order chi connectivity index (χ0) is 25.2. The van der Waals surface area contributed by atoms with Crippen molar-refractivity contribution in [1.82, 2.24) is 9.47 Å². The van der Waals surface area contributed by atoms with Gasteiger partial charge in [0.25, 0.3) is 0 Å². The molecule has 1 fully saturated rings. The van der Waals surface area contributed by atoms with Gasteiger partial charge in [0, 0.05) is 42.0 Å². The molecule has 2 N–H and O–H groups in total. The van der Waals surface area contributed by atoms with Crippen molar-refractivity contribution >= 4 is 22.5 Å². The summed E-state index contributed by atoms with van der Waals surface area (Å²) in [7, 11) is 0. The molecule has 0 aliphatic carbocycles. The highest BCUT2D eigenvalue weighted by atomic mass is 35.5. The molecule has 188 valence electrons. The molecule has 0 saturated carbocycles. The quantitative estimate of drug-likeness (QED) is 0.289. The van der Waals surface area contributed by atoms with Gasteiger partial charge in [0.2, 0.25) is 0 Å². The fourth-order valence-corrected chi connectivity index (χ4v) is 5.39. The first-order valence-electron chi connectivity index (χ1n) is 12.2. The van der Waals surface area contributed by atoms with E-state index in [1.807, 2.05) is 43.3 Å². The summed E-state index contributed by atoms with van der Waals surface area (Å²) in [6, 6.07) is 18.4. The second-order valence-electron chi connectivity index (χ2n) is 9.53. The van der Waals surface area contributed by atoms with Gasteiger partial charge in [-0.25, -0.2) is 0 Å². The predicted octanol–water partition coefficient (Wildman–Crippen LogP) is 6.40. The molecule has 5 nitrogen and oxygen atoms in total. The van der Waals surface area contributed by atoms with Crippen LogP contribution in [0.1, 0.15) is 17.5 Å². The first kappa shape index (κ1) is 24.5. The maximum Gasteiger partial charge on any atom is 0.119 e. The van der Waals surface area contributed by atoms with Crippen LogP contribution in [-0.4, -0.2) is 52.6 Å². The van der Waals surface area contributed by atoms with Gasteiger partial charge >= 0.3 is 0 Å². The first-order chi connectivity index (χ1) is 17.4. The maximum atomic E-state index is 12.8. The number of halogens is 2. The monoisotopic (exact) mass is 508 g/mol. The van der Waals surface area contributed by atoms with E-state index in [0.717, 1.165) is 65.1 Å². The van der Waals surface area contributed by atoms with Crippen LogP contribution in [0.5, 0.6) is 17.2 Å². The third-order valence-electron chi connectivity index (χ3n) is 7.04. The lowest BCUT2D eigenvalue weighted by Gasteiger charge is -2.16. The van der Waals surface area contributed by atoms with E-state index in [9.17, 15) is 14.6 Å². The Morgan fingerprint density at radius 2 is 1.78 bits per heavy atom. The van der Waals surface area contributed by atoms with Crippen LogP contribution in [0.25, 0.3) is 22.2 Å². The average molecular weight is 509 g/mol. The van der Waals surface area contributed by atoms with Crippen molar-refractivity contribution in [1.29, 1.82) is 0 Å². The summed E-state index contributed by atoms with van der Waals surface area (Å²) < 4.78 is 21.0. The fraction of sp³-hybridized carbons (Fsp3) is 0.310. The molecule has 4 aromatic rings. The zero-order valence-corrected chi connectivity index (χ0v) is 21.0. The van der Waals surface area contributed by atoms with Gasteiger partial charge in [-0.3, -0.25) is 9.29 Å². The smallest absolute Gasteiger partial charge is 0.119 e. The van der Waals surface area contributed by atoms with Crippen molar-refractivity contribution in [3.8, 4) is 28.5 Å². The summed E-state index contributed by atoms with van der Waals surface area (Å²) in [6.45, 7) is 5.50. The predicted molar refractivity (Wildman–Crippen MR) is 142 cm³/mol. The van der Waals surface area contributed by atoms with E-state index in [1.165, 1.54) is 0 Å². The second kappa shape index (κ2) is 10.4. The lowest BCUT2D eigenvalue weighted by Crippen LogP contribution is -2.26. The Kier molecular flexibility index (Phi) is 7.08. The molecule has 5 rings (SSSR count). The van der Waals surface area contributed by atoms with Crippen molar-refractivity contribution in [3.05, 3.63) is 76.8 Å². The van der Waals surface area contributed by atoms with E-state index >= 15 is 0 Å². The molecule has 1 aliphatic rings. The molecule has 1 aliphatic heterocycles. The third kappa shape index (κ3) is 5.01. The number of aryl methyl sites for hydroxylation is 1. The van der Waals surface area contributed by atoms with E-state index in [0.29, 0.717) is 18.2 Å². The molecule has 0 spiro atoms. The molecule has 1 saturated heterocycles. The first-order valence-corrected chi connectivity index (χ1v) is 12.6. The fourth-order valence-electron chi connectivity index (χ4n) is 5.13. The normalized spacial score (nSPS) is 16.1. The van der Waals surface area contributed by atoms with Gasteiger partial charge in [-0.15, -0.1) is 0 Å². The largest absolute Gasteiger partial charge is 0.508 e. The van der Waals surface area contributed by atoms with Crippen LogP contribution in [0.3, 0.4) is 0 Å². The van der Waals surface area contributed by atoms with Gasteiger partial charge in [0.1, 0.15) is 23.9 Å². The number of benzene rings is 3. The van der Waals surface area contributed by atoms with Crippen LogP contribution in [-0.2, 0) is 6.54 Å². The minimum Gasteiger partial charge on any atom is -0.508 e. The molecule has 1 atom stereocenters. The lowest BCUT2D eigenvalue weighted by molar-refractivity contribution is 0.228. The molecule has 0 unspecified atom stereocenters. The number of likely N-dealkylation sites (tertiary alicyclic amines) is 1. The number of aromatic hydroxyl groups is 2. The minimum absolute atomic E-state index is 0.115. The molecule has 2 heterocycles. The number of hydrogen-bond acceptors (Lipinski definition) is 4. The Bertz CT molecular complexity index is 1370. The highest BCUT2D eigenvalue weighted by Gasteiger charge is 2.22. The Morgan fingerprint density at radius 3 is 2.50 bits per heavy atom. The molecular weight excluding hydrogens is 479 g/mol. The Hall–Kier alpha value is -3.22. The third-order valence-corrected chi connectivity index (χ3v) is 7.35. The van der Waals surface area contributed by atoms with Crippen LogP contribution in [0, 0.1) is 12.8 Å². The van der Waals surface area contributed by atoms with Gasteiger partial charge in [-0.05, 0) is 79.5 Å². The summed E-state index contributed by atoms with van der Waals surface area (Å²) in [6.07, 6.45) is 0.926. The number of hydrogen-bond donors (Lipinski definition) is 2. The number of rotatable bonds is 8. The van der Waals surface area contributed by atoms with Gasteiger partial charge in [-0.2, -0.15) is 0 Å². The van der Waals surface area contributed by atoms with Gasteiger partial charge in [0.05, 0.1) is 17.4 Å². The molecule has 0 bridgehead atoms. The van der Waals surface area contributed by atoms with Crippen LogP contribution >= 0.6 is 11.6 Å². The van der Waals surface area contributed by atoms with Gasteiger partial charge < -0.3 is 19.5 Å². The minimum atomic E-state index is -0.239. The van der Waals surface area contributed by atoms with E-state index < -0.39 is 0 Å². The van der Waals surface area contributed by atoms with Crippen molar-refractivity contribution in [2.45, 2.75) is 19.9 Å². The molecule has 36 heavy (non-hydrogen) atoms. The van der Waals surface area contributed by atoms with E-state index in [2.05, 4.69) is 9.47 Å². The number of phenolic OH excluding ortho intramolecular Hbond substituents is 2. The molecular formula is C29H30ClFN2O3. The SMILES string of the molecule is Cc1c(-c2ccc(O)cc2Cl)n(Cc2ccc(OCCN3CC[C@@H](CF)C3)cc2)c2ccc(O)cc12. The molecule has 1 aromatic heterocycles. The van der Waals surface area contributed by atoms with Crippen LogP contribution in [0.4, 0.5) is 4.39 Å². The van der Waals surface area contributed by atoms with Crippen LogP contribution in [0.2, 0.25) is 5.02 Å². The topological polar surface area (TPSA) is 57.9 Å². The van der Waals surface area contributed by atoms with E-state index in [4.69, 9.17) is 16.3 Å². The number of fused-ring (bicyclic) bond motifs is 1. The molecule has 3 aromatic carbocycles. The zero-order valence-electron chi connectivity index (χ0n) is 20.3. The molecule has 0 amide bonds. The number of ether oxygens (including phenoxy) is 1. The summed E-state index contributed by atoms with van der Waals surface area (Å²) in [5.74, 6) is 1.30. The standard InChI is InChI=1S/C29H30ClFN2O3/c1-19-26-14-22(34)5-9-28(26)33(29(19)25-8-4-23(35)15-27(25)30)18-20-2-6-24(7-3-20)36-13-12-32-11-10-21(16-31)17-32/h2-9,14-15,21,34-35H,10-13,16-18H2,1H3/t21-/m0/s1. The maximum absolute atomic E-state index is 12.8. The van der Waals surface area contributed by atoms with Gasteiger partial charge in [0.15, 0.2) is 0 Å². The Labute approximate surface area is 215 Å². The summed E-state index contributed by atoms with van der Waals surface area (Å²) in [5.41, 5.74) is 4.85. The number of nitrogens with zero attached hydrogens (tertiary/aromatic N) is 2. The summed E-state index contributed by atoms with van der Waals surface area (Å²) >= 11 is 6.54. The average Bonchev–Trinajstić information content (AvgIpc) is 3.43. The van der Waals surface area contributed by atoms with Crippen molar-refractivity contribution in [2.24, 2.45) is 5.92 Å². The lowest BCUT2D eigenvalue weighted by atomic mass is 10.1. The summed E-state index contributed by atoms with van der Waals surface area (Å²) in [5, 5.41) is 21.4. The Balaban J connectivity index is 1.37. The Morgan fingerprint density at radius 1 is 1.03 bits per heavy atom. The summed E-state index contributed by atoms with van der Waals surface area (Å²) in [4.78, 5) is 2.26. The number of phenols is 2. The second-order valence-corrected chi connectivity index (χ2v) is 9.93. The van der Waals surface area contributed by atoms with E-state index in [1.54, 1.807) is 24.3 Å². The van der Waals surface area contributed by atoms with E-state index in [-0.39, 0.29) is 24.1 Å². The van der Waals surface area contributed by atoms with Crippen molar-refractivity contribution < 1.29 is 19.3 Å². The van der Waals surface area contributed by atoms with Crippen LogP contribution in [0.15, 0.2) is 60.7 Å². The highest BCUT2D eigenvalue weighted by molar-refractivity contribution is 6.33. The molecule has 7 heteroatoms. The number of aromatic nitrogens is 1. The number of alkyl halides is 1. The van der Waals surface area contributed by atoms with Crippen LogP contribution < -0.4 is 4.74 Å². The highest BCUT2D eigenvalue weighted by Crippen LogP contribution is 2.39. The molecule has 0 radical (unpaired) electrons. The van der Waals surface area contributed by atoms with Gasteiger partial charge in [-0.1, -0.05) is 23.7 Å².